The van der Waals surface area contributed by atoms with Gasteiger partial charge in [0.05, 0.1) is 25.5 Å². The number of rotatable bonds is 9. The van der Waals surface area contributed by atoms with Crippen LogP contribution in [-0.4, -0.2) is 32.0 Å². The molecule has 0 aliphatic carbocycles. The lowest BCUT2D eigenvalue weighted by Gasteiger charge is -2.20. The first-order valence-corrected chi connectivity index (χ1v) is 10.8. The highest BCUT2D eigenvalue weighted by atomic mass is 35.5. The summed E-state index contributed by atoms with van der Waals surface area (Å²) in [5.74, 6) is 0.629. The highest BCUT2D eigenvalue weighted by Crippen LogP contribution is 2.35. The van der Waals surface area contributed by atoms with E-state index in [1.165, 1.54) is 18.4 Å². The SMILES string of the molecule is COc1ccc([C@H](Cc2c(Cl)c[nH+]cc2Cl)OC(=O)Cc2ccc(C=O)s2)cc1OC.[OH-]. The number of pyridine rings is 1. The zero-order valence-corrected chi connectivity index (χ0v) is 19.6. The van der Waals surface area contributed by atoms with Crippen molar-refractivity contribution in [2.24, 2.45) is 0 Å². The van der Waals surface area contributed by atoms with Gasteiger partial charge in [0.1, 0.15) is 16.1 Å². The summed E-state index contributed by atoms with van der Waals surface area (Å²) in [4.78, 5) is 27.7. The number of hydrogen-bond acceptors (Lipinski definition) is 7. The third-order valence-electron chi connectivity index (χ3n) is 4.56. The molecule has 1 aromatic carbocycles. The van der Waals surface area contributed by atoms with Gasteiger partial charge in [-0.15, -0.1) is 11.3 Å². The van der Waals surface area contributed by atoms with Crippen LogP contribution in [0.1, 0.15) is 31.8 Å². The van der Waals surface area contributed by atoms with Gasteiger partial charge in [0, 0.05) is 16.9 Å². The number of methoxy groups -OCH3 is 2. The molecule has 1 atom stereocenters. The van der Waals surface area contributed by atoms with E-state index in [-0.39, 0.29) is 18.3 Å². The molecule has 0 aliphatic rings. The third-order valence-corrected chi connectivity index (χ3v) is 6.24. The summed E-state index contributed by atoms with van der Waals surface area (Å²) in [6.45, 7) is 0. The Labute approximate surface area is 199 Å². The topological polar surface area (TPSA) is 106 Å². The number of aldehydes is 1. The minimum atomic E-state index is -0.671. The minimum absolute atomic E-state index is 0. The van der Waals surface area contributed by atoms with E-state index in [0.29, 0.717) is 37.5 Å². The van der Waals surface area contributed by atoms with Crippen molar-refractivity contribution < 1.29 is 34.3 Å². The van der Waals surface area contributed by atoms with Crippen LogP contribution >= 0.6 is 34.5 Å². The van der Waals surface area contributed by atoms with Crippen molar-refractivity contribution in [1.29, 1.82) is 0 Å². The van der Waals surface area contributed by atoms with E-state index in [1.54, 1.807) is 49.8 Å². The van der Waals surface area contributed by atoms with Crippen LogP contribution in [0, 0.1) is 0 Å². The molecule has 0 fully saturated rings. The summed E-state index contributed by atoms with van der Waals surface area (Å²) in [5, 5.41) is 0.866. The molecule has 0 unspecified atom stereocenters. The Morgan fingerprint density at radius 1 is 1.09 bits per heavy atom. The molecule has 2 heterocycles. The van der Waals surface area contributed by atoms with Gasteiger partial charge < -0.3 is 19.7 Å². The van der Waals surface area contributed by atoms with Gasteiger partial charge in [0.25, 0.3) is 0 Å². The Balaban J connectivity index is 0.00000363. The molecule has 0 bridgehead atoms. The number of halogens is 2. The van der Waals surface area contributed by atoms with Crippen LogP contribution in [0.2, 0.25) is 10.0 Å². The fourth-order valence-corrected chi connectivity index (χ4v) is 4.38. The maximum atomic E-state index is 12.7. The quantitative estimate of drug-likeness (QED) is 0.316. The summed E-state index contributed by atoms with van der Waals surface area (Å²) in [6, 6.07) is 8.70. The predicted octanol–water partition coefficient (Wildman–Crippen LogP) is 4.59. The lowest BCUT2D eigenvalue weighted by molar-refractivity contribution is -0.377. The monoisotopic (exact) mass is 497 g/mol. The van der Waals surface area contributed by atoms with Crippen LogP contribution in [0.5, 0.6) is 11.5 Å². The van der Waals surface area contributed by atoms with Gasteiger partial charge in [0.2, 0.25) is 0 Å². The van der Waals surface area contributed by atoms with Crippen LogP contribution in [-0.2, 0) is 22.4 Å². The van der Waals surface area contributed by atoms with Crippen LogP contribution in [0.15, 0.2) is 42.7 Å². The first kappa shape index (κ1) is 25.6. The Morgan fingerprint density at radius 2 is 1.78 bits per heavy atom. The number of carbonyl (C=O) groups excluding carboxylic acids is 2. The van der Waals surface area contributed by atoms with Crippen LogP contribution < -0.4 is 14.5 Å². The number of hydrogen-bond donors (Lipinski definition) is 0. The number of thiophene rings is 1. The fraction of sp³-hybridized carbons (Fsp3) is 0.227. The number of esters is 1. The summed E-state index contributed by atoms with van der Waals surface area (Å²) >= 11 is 13.9. The maximum Gasteiger partial charge on any atom is 0.311 e. The van der Waals surface area contributed by atoms with Crippen molar-refractivity contribution >= 4 is 46.8 Å². The van der Waals surface area contributed by atoms with Crippen molar-refractivity contribution in [3.05, 3.63) is 73.7 Å². The van der Waals surface area contributed by atoms with Crippen molar-refractivity contribution in [2.45, 2.75) is 18.9 Å². The van der Waals surface area contributed by atoms with Crippen LogP contribution in [0.25, 0.3) is 0 Å². The molecule has 0 amide bonds. The normalized spacial score (nSPS) is 11.2. The number of H-pyrrole nitrogens is 1. The average molecular weight is 498 g/mol. The highest BCUT2D eigenvalue weighted by molar-refractivity contribution is 7.13. The van der Waals surface area contributed by atoms with Gasteiger partial charge in [-0.25, -0.2) is 4.98 Å². The fourth-order valence-electron chi connectivity index (χ4n) is 3.03. The molecule has 10 heteroatoms. The molecule has 0 aliphatic heterocycles. The Bertz CT molecular complexity index is 1070. The molecular weight excluding hydrogens is 477 g/mol. The number of ether oxygens (including phenoxy) is 3. The molecule has 3 aromatic rings. The molecule has 3 rings (SSSR count). The Hall–Kier alpha value is -2.65. The summed E-state index contributed by atoms with van der Waals surface area (Å²) in [5.41, 5.74) is 1.35. The lowest BCUT2D eigenvalue weighted by Crippen LogP contribution is -2.16. The average Bonchev–Trinajstić information content (AvgIpc) is 3.22. The van der Waals surface area contributed by atoms with Crippen molar-refractivity contribution in [1.82, 2.24) is 0 Å². The van der Waals surface area contributed by atoms with Gasteiger partial charge >= 0.3 is 5.97 Å². The lowest BCUT2D eigenvalue weighted by atomic mass is 10.0. The van der Waals surface area contributed by atoms with Crippen LogP contribution in [0.4, 0.5) is 0 Å². The Morgan fingerprint density at radius 3 is 2.38 bits per heavy atom. The largest absolute Gasteiger partial charge is 0.870 e. The molecule has 170 valence electrons. The number of benzene rings is 1. The third kappa shape index (κ3) is 6.20. The second-order valence-corrected chi connectivity index (χ2v) is 8.54. The maximum absolute atomic E-state index is 12.7. The number of aromatic amines is 1. The molecule has 2 N–H and O–H groups in total. The van der Waals surface area contributed by atoms with Crippen molar-refractivity contribution in [2.75, 3.05) is 14.2 Å². The zero-order chi connectivity index (χ0) is 22.4. The van der Waals surface area contributed by atoms with E-state index < -0.39 is 12.1 Å². The Kier molecular flexibility index (Phi) is 9.46. The number of aromatic nitrogens is 1. The van der Waals surface area contributed by atoms with E-state index >= 15 is 0 Å². The standard InChI is InChI=1S/C22H19Cl2NO5S.H2O/c1-28-19-6-3-13(7-21(19)29-2)20(9-16-17(23)10-25-11-18(16)24)30-22(27)8-14-4-5-15(12-26)31-14;/h3-7,10-12,20H,8-9H2,1-2H3;1H2/t20-;/m0./s1. The smallest absolute Gasteiger partial charge is 0.311 e. The molecule has 32 heavy (non-hydrogen) atoms. The zero-order valence-electron chi connectivity index (χ0n) is 17.3. The van der Waals surface area contributed by atoms with Crippen molar-refractivity contribution in [3.8, 4) is 11.5 Å². The molecule has 2 aromatic heterocycles. The van der Waals surface area contributed by atoms with Gasteiger partial charge in [-0.2, -0.15) is 0 Å². The highest BCUT2D eigenvalue weighted by Gasteiger charge is 2.23. The first-order chi connectivity index (χ1) is 14.9. The molecule has 0 spiro atoms. The molecular formula is C22H21Cl2NO6S. The summed E-state index contributed by atoms with van der Waals surface area (Å²) in [7, 11) is 3.08. The van der Waals surface area contributed by atoms with E-state index in [0.717, 1.165) is 11.2 Å². The first-order valence-electron chi connectivity index (χ1n) is 9.24. The number of carbonyl (C=O) groups is 2. The van der Waals surface area contributed by atoms with Gasteiger partial charge in [-0.3, -0.25) is 9.59 Å². The van der Waals surface area contributed by atoms with E-state index in [4.69, 9.17) is 37.4 Å². The van der Waals surface area contributed by atoms with Crippen molar-refractivity contribution in [3.63, 3.8) is 0 Å². The number of nitrogens with one attached hydrogen (secondary N) is 1. The summed E-state index contributed by atoms with van der Waals surface area (Å²) < 4.78 is 16.5. The minimum Gasteiger partial charge on any atom is -0.870 e. The van der Waals surface area contributed by atoms with E-state index in [1.807, 2.05) is 0 Å². The van der Waals surface area contributed by atoms with Gasteiger partial charge in [-0.05, 0) is 29.8 Å². The molecule has 0 radical (unpaired) electrons. The molecule has 0 saturated heterocycles. The summed E-state index contributed by atoms with van der Waals surface area (Å²) in [6.07, 6.45) is 3.62. The van der Waals surface area contributed by atoms with E-state index in [9.17, 15) is 9.59 Å². The second kappa shape index (κ2) is 11.8. The van der Waals surface area contributed by atoms with E-state index in [2.05, 4.69) is 4.98 Å². The second-order valence-electron chi connectivity index (χ2n) is 6.53. The van der Waals surface area contributed by atoms with Gasteiger partial charge in [0.15, 0.2) is 30.2 Å². The van der Waals surface area contributed by atoms with Crippen LogP contribution in [0.3, 0.4) is 0 Å². The molecule has 7 nitrogen and oxygen atoms in total. The molecule has 0 saturated carbocycles. The van der Waals surface area contributed by atoms with Gasteiger partial charge in [-0.1, -0.05) is 29.3 Å². The predicted molar refractivity (Wildman–Crippen MR) is 120 cm³/mol.